The Morgan fingerprint density at radius 1 is 1.14 bits per heavy atom. The van der Waals surface area contributed by atoms with E-state index in [4.69, 9.17) is 20.9 Å². The summed E-state index contributed by atoms with van der Waals surface area (Å²) in [7, 11) is 1.42. The highest BCUT2D eigenvalue weighted by Gasteiger charge is 2.31. The van der Waals surface area contributed by atoms with Crippen molar-refractivity contribution in [2.75, 3.05) is 12.4 Å². The van der Waals surface area contributed by atoms with Crippen molar-refractivity contribution >= 4 is 46.1 Å². The zero-order valence-corrected chi connectivity index (χ0v) is 19.4. The Morgan fingerprint density at radius 2 is 1.89 bits per heavy atom. The van der Waals surface area contributed by atoms with Gasteiger partial charge in [0.05, 0.1) is 35.4 Å². The molecular formula is C26H21ClN2O6. The maximum absolute atomic E-state index is 12.7. The van der Waals surface area contributed by atoms with Crippen molar-refractivity contribution in [1.29, 1.82) is 0 Å². The summed E-state index contributed by atoms with van der Waals surface area (Å²) in [5.74, 6) is -1.74. The summed E-state index contributed by atoms with van der Waals surface area (Å²) in [5.41, 5.74) is 4.70. The maximum atomic E-state index is 12.7. The van der Waals surface area contributed by atoms with Crippen molar-refractivity contribution in [2.24, 2.45) is 5.92 Å². The van der Waals surface area contributed by atoms with Crippen LogP contribution in [0.1, 0.15) is 36.1 Å². The Bertz CT molecular complexity index is 1400. The molecule has 2 heterocycles. The molecular weight excluding hydrogens is 472 g/mol. The number of carbonyl (C=O) groups excluding carboxylic acids is 1. The van der Waals surface area contributed by atoms with E-state index in [1.807, 2.05) is 30.3 Å². The molecule has 2 aromatic carbocycles. The van der Waals surface area contributed by atoms with Crippen LogP contribution in [0.5, 0.6) is 5.88 Å². The van der Waals surface area contributed by atoms with Gasteiger partial charge in [0.1, 0.15) is 0 Å². The van der Waals surface area contributed by atoms with Crippen LogP contribution in [0.2, 0.25) is 5.02 Å². The molecule has 1 aliphatic carbocycles. The van der Waals surface area contributed by atoms with Crippen LogP contribution in [-0.2, 0) is 9.59 Å². The zero-order chi connectivity index (χ0) is 24.7. The standard InChI is InChI=1S/C26H21ClN2O6/c1-34-22-12-21(35-29-22)24(30)23-18-10-17(19(27)11-20(18)28-25(23)31)15-6-2-13(3-7-15)14-4-8-16(9-5-14)26(32)33/h2-4,6-7,10-12,16,30H,5,8-9H2,1H3,(H,28,31)(H,32,33)/b24-23+. The molecule has 0 fully saturated rings. The minimum atomic E-state index is -0.753. The fourth-order valence-electron chi connectivity index (χ4n) is 4.42. The summed E-state index contributed by atoms with van der Waals surface area (Å²) in [4.78, 5) is 23.9. The van der Waals surface area contributed by atoms with Crippen LogP contribution < -0.4 is 10.1 Å². The Labute approximate surface area is 205 Å². The lowest BCUT2D eigenvalue weighted by Gasteiger charge is -2.19. The minimum Gasteiger partial charge on any atom is -0.504 e. The lowest BCUT2D eigenvalue weighted by molar-refractivity contribution is -0.141. The van der Waals surface area contributed by atoms with Gasteiger partial charge in [0.25, 0.3) is 11.8 Å². The summed E-state index contributed by atoms with van der Waals surface area (Å²) >= 11 is 6.55. The number of aromatic nitrogens is 1. The summed E-state index contributed by atoms with van der Waals surface area (Å²) < 4.78 is 10.1. The van der Waals surface area contributed by atoms with E-state index in [-0.39, 0.29) is 28.9 Å². The van der Waals surface area contributed by atoms with Gasteiger partial charge in [-0.25, -0.2) is 0 Å². The molecule has 1 aliphatic heterocycles. The van der Waals surface area contributed by atoms with Crippen molar-refractivity contribution in [3.05, 3.63) is 70.5 Å². The largest absolute Gasteiger partial charge is 0.504 e. The molecule has 5 rings (SSSR count). The Hall–Kier alpha value is -4.04. The first kappa shape index (κ1) is 22.7. The van der Waals surface area contributed by atoms with E-state index in [0.717, 1.165) is 16.7 Å². The summed E-state index contributed by atoms with van der Waals surface area (Å²) in [5, 5.41) is 26.8. The van der Waals surface area contributed by atoms with E-state index in [1.54, 1.807) is 12.1 Å². The highest BCUT2D eigenvalue weighted by Crippen LogP contribution is 2.42. The van der Waals surface area contributed by atoms with E-state index in [1.165, 1.54) is 13.2 Å². The van der Waals surface area contributed by atoms with Gasteiger partial charge in [0, 0.05) is 11.1 Å². The number of fused-ring (bicyclic) bond motifs is 1. The first-order chi connectivity index (χ1) is 16.9. The van der Waals surface area contributed by atoms with Crippen LogP contribution in [-0.4, -0.2) is 34.4 Å². The number of methoxy groups -OCH3 is 1. The molecule has 3 N–H and O–H groups in total. The number of anilines is 1. The van der Waals surface area contributed by atoms with Gasteiger partial charge in [-0.3, -0.25) is 9.59 Å². The van der Waals surface area contributed by atoms with E-state index < -0.39 is 11.9 Å². The number of allylic oxidation sites excluding steroid dienone is 2. The average Bonchev–Trinajstić information content (AvgIpc) is 3.47. The smallest absolute Gasteiger partial charge is 0.306 e. The molecule has 3 aromatic rings. The third kappa shape index (κ3) is 4.17. The van der Waals surface area contributed by atoms with E-state index in [9.17, 15) is 19.8 Å². The SMILES string of the molecule is COc1cc(/C(O)=C2\C(=O)Nc3cc(Cl)c(-c4ccc(C5=CCC(C(=O)O)CC5)cc4)cc32)on1. The van der Waals surface area contributed by atoms with Crippen LogP contribution in [0.15, 0.2) is 53.1 Å². The summed E-state index contributed by atoms with van der Waals surface area (Å²) in [6.07, 6.45) is 3.86. The molecule has 0 saturated heterocycles. The number of nitrogens with one attached hydrogen (secondary N) is 1. The molecule has 0 spiro atoms. The number of aliphatic hydroxyl groups excluding tert-OH is 1. The molecule has 0 saturated carbocycles. The number of halogens is 1. The number of nitrogens with zero attached hydrogens (tertiary/aromatic N) is 1. The van der Waals surface area contributed by atoms with Crippen LogP contribution in [0.25, 0.3) is 28.0 Å². The van der Waals surface area contributed by atoms with Crippen LogP contribution in [0.3, 0.4) is 0 Å². The van der Waals surface area contributed by atoms with Gasteiger partial charge in [-0.05, 0) is 53.3 Å². The van der Waals surface area contributed by atoms with E-state index in [2.05, 4.69) is 10.5 Å². The molecule has 8 nitrogen and oxygen atoms in total. The maximum Gasteiger partial charge on any atom is 0.306 e. The lowest BCUT2D eigenvalue weighted by atomic mass is 9.86. The third-order valence-corrected chi connectivity index (χ3v) is 6.66. The molecule has 1 atom stereocenters. The van der Waals surface area contributed by atoms with Crippen molar-refractivity contribution in [2.45, 2.75) is 19.3 Å². The molecule has 1 unspecified atom stereocenters. The van der Waals surface area contributed by atoms with Crippen LogP contribution in [0.4, 0.5) is 5.69 Å². The molecule has 1 aromatic heterocycles. The van der Waals surface area contributed by atoms with Crippen LogP contribution in [0, 0.1) is 5.92 Å². The summed E-state index contributed by atoms with van der Waals surface area (Å²) in [6, 6.07) is 12.6. The second-order valence-corrected chi connectivity index (χ2v) is 8.81. The van der Waals surface area contributed by atoms with Gasteiger partial charge in [0.2, 0.25) is 5.76 Å². The van der Waals surface area contributed by atoms with Crippen molar-refractivity contribution in [3.8, 4) is 17.0 Å². The number of aliphatic hydroxyl groups is 1. The highest BCUT2D eigenvalue weighted by atomic mass is 35.5. The fourth-order valence-corrected chi connectivity index (χ4v) is 4.69. The van der Waals surface area contributed by atoms with Crippen molar-refractivity contribution in [1.82, 2.24) is 5.16 Å². The second kappa shape index (κ2) is 8.96. The number of hydrogen-bond donors (Lipinski definition) is 3. The molecule has 178 valence electrons. The quantitative estimate of drug-likeness (QED) is 0.310. The van der Waals surface area contributed by atoms with Crippen molar-refractivity contribution in [3.63, 3.8) is 0 Å². The number of amides is 1. The number of rotatable bonds is 5. The van der Waals surface area contributed by atoms with Gasteiger partial charge in [-0.2, -0.15) is 0 Å². The molecule has 0 radical (unpaired) electrons. The zero-order valence-electron chi connectivity index (χ0n) is 18.7. The number of aliphatic carboxylic acids is 1. The Kier molecular flexibility index (Phi) is 5.82. The fraction of sp³-hybridized carbons (Fsp3) is 0.192. The van der Waals surface area contributed by atoms with Gasteiger partial charge < -0.3 is 24.8 Å². The number of ether oxygens (including phenoxy) is 1. The normalized spacial score (nSPS) is 18.5. The third-order valence-electron chi connectivity index (χ3n) is 6.35. The van der Waals surface area contributed by atoms with Gasteiger partial charge in [-0.15, -0.1) is 0 Å². The van der Waals surface area contributed by atoms with E-state index in [0.29, 0.717) is 41.1 Å². The van der Waals surface area contributed by atoms with Crippen LogP contribution >= 0.6 is 11.6 Å². The lowest BCUT2D eigenvalue weighted by Crippen LogP contribution is -2.15. The summed E-state index contributed by atoms with van der Waals surface area (Å²) in [6.45, 7) is 0. The molecule has 9 heteroatoms. The molecule has 0 bridgehead atoms. The van der Waals surface area contributed by atoms with Crippen molar-refractivity contribution < 1.29 is 29.1 Å². The first-order valence-electron chi connectivity index (χ1n) is 11.0. The molecule has 1 amide bonds. The monoisotopic (exact) mass is 492 g/mol. The van der Waals surface area contributed by atoms with Gasteiger partial charge in [-0.1, -0.05) is 41.9 Å². The average molecular weight is 493 g/mol. The second-order valence-electron chi connectivity index (χ2n) is 8.41. The number of carboxylic acids is 1. The topological polar surface area (TPSA) is 122 Å². The van der Waals surface area contributed by atoms with Gasteiger partial charge >= 0.3 is 5.97 Å². The Balaban J connectivity index is 1.48. The number of carboxylic acid groups (broad SMARTS) is 1. The van der Waals surface area contributed by atoms with E-state index >= 15 is 0 Å². The first-order valence-corrected chi connectivity index (χ1v) is 11.4. The number of benzene rings is 2. The predicted octanol–water partition coefficient (Wildman–Crippen LogP) is 5.65. The Morgan fingerprint density at radius 3 is 2.51 bits per heavy atom. The molecule has 2 aliphatic rings. The highest BCUT2D eigenvalue weighted by molar-refractivity contribution is 6.38. The predicted molar refractivity (Wildman–Crippen MR) is 131 cm³/mol. The van der Waals surface area contributed by atoms with Gasteiger partial charge in [0.15, 0.2) is 5.76 Å². The minimum absolute atomic E-state index is 0.00611. The molecule has 35 heavy (non-hydrogen) atoms. The number of hydrogen-bond acceptors (Lipinski definition) is 6. The number of carbonyl (C=O) groups is 2.